The summed E-state index contributed by atoms with van der Waals surface area (Å²) in [7, 11) is 0. The first-order chi connectivity index (χ1) is 9.15. The Balaban J connectivity index is 1.65. The van der Waals surface area contributed by atoms with Crippen LogP contribution in [0.25, 0.3) is 0 Å². The monoisotopic (exact) mass is 265 g/mol. The predicted octanol–water partition coefficient (Wildman–Crippen LogP) is 1.73. The fourth-order valence-corrected chi connectivity index (χ4v) is 2.53. The Bertz CT molecular complexity index is 453. The first-order valence-electron chi connectivity index (χ1n) is 6.94. The van der Waals surface area contributed by atoms with E-state index in [9.17, 15) is 9.50 Å². The minimum atomic E-state index is -0.557. The van der Waals surface area contributed by atoms with Crippen molar-refractivity contribution in [3.05, 3.63) is 35.1 Å². The molecule has 0 atom stereocenters. The third-order valence-corrected chi connectivity index (χ3v) is 3.98. The van der Waals surface area contributed by atoms with Crippen LogP contribution in [0.5, 0.6) is 0 Å². The molecule has 1 saturated carbocycles. The van der Waals surface area contributed by atoms with E-state index < -0.39 is 5.60 Å². The maximum absolute atomic E-state index is 14.1. The second-order valence-electron chi connectivity index (χ2n) is 5.72. The molecule has 2 aliphatic rings. The molecule has 1 aliphatic carbocycles. The normalized spacial score (nSPS) is 22.4. The Labute approximate surface area is 113 Å². The van der Waals surface area contributed by atoms with Gasteiger partial charge in [-0.25, -0.2) is 4.39 Å². The number of nitrogens with zero attached hydrogens (tertiary/aromatic N) is 1. The summed E-state index contributed by atoms with van der Waals surface area (Å²) in [5.41, 5.74) is 1.06. The van der Waals surface area contributed by atoms with Gasteiger partial charge < -0.3 is 9.84 Å². The Morgan fingerprint density at radius 1 is 1.26 bits per heavy atom. The molecule has 1 aromatic rings. The summed E-state index contributed by atoms with van der Waals surface area (Å²) < 4.78 is 19.3. The SMILES string of the molecule is OC1(Cc2ccc(CN3CCOCC3)c(F)c2)CC1. The van der Waals surface area contributed by atoms with Crippen LogP contribution in [0.15, 0.2) is 18.2 Å². The smallest absolute Gasteiger partial charge is 0.127 e. The molecule has 3 nitrogen and oxygen atoms in total. The topological polar surface area (TPSA) is 32.7 Å². The van der Waals surface area contributed by atoms with Gasteiger partial charge in [-0.15, -0.1) is 0 Å². The van der Waals surface area contributed by atoms with Crippen molar-refractivity contribution in [2.45, 2.75) is 31.4 Å². The highest BCUT2D eigenvalue weighted by molar-refractivity contribution is 5.26. The highest BCUT2D eigenvalue weighted by atomic mass is 19.1. The number of hydrogen-bond acceptors (Lipinski definition) is 3. The van der Waals surface area contributed by atoms with Crippen LogP contribution < -0.4 is 0 Å². The Morgan fingerprint density at radius 3 is 2.63 bits per heavy atom. The molecule has 104 valence electrons. The average Bonchev–Trinajstić information content (AvgIpc) is 3.12. The molecule has 0 amide bonds. The minimum Gasteiger partial charge on any atom is -0.390 e. The Kier molecular flexibility index (Phi) is 3.56. The van der Waals surface area contributed by atoms with Crippen molar-refractivity contribution in [1.82, 2.24) is 4.90 Å². The maximum atomic E-state index is 14.1. The van der Waals surface area contributed by atoms with E-state index in [1.165, 1.54) is 0 Å². The molecule has 3 rings (SSSR count). The van der Waals surface area contributed by atoms with Gasteiger partial charge in [0.05, 0.1) is 18.8 Å². The molecular formula is C15H20FNO2. The summed E-state index contributed by atoms with van der Waals surface area (Å²) in [6.07, 6.45) is 2.25. The van der Waals surface area contributed by atoms with Gasteiger partial charge in [-0.2, -0.15) is 0 Å². The van der Waals surface area contributed by atoms with Crippen LogP contribution in [0.1, 0.15) is 24.0 Å². The van der Waals surface area contributed by atoms with E-state index in [-0.39, 0.29) is 5.82 Å². The number of aliphatic hydroxyl groups is 1. The van der Waals surface area contributed by atoms with E-state index in [4.69, 9.17) is 4.74 Å². The molecule has 4 heteroatoms. The average molecular weight is 265 g/mol. The summed E-state index contributed by atoms with van der Waals surface area (Å²) in [4.78, 5) is 2.20. The molecule has 0 bridgehead atoms. The van der Waals surface area contributed by atoms with Crippen molar-refractivity contribution < 1.29 is 14.2 Å². The zero-order valence-corrected chi connectivity index (χ0v) is 11.1. The molecule has 1 N–H and O–H groups in total. The quantitative estimate of drug-likeness (QED) is 0.900. The lowest BCUT2D eigenvalue weighted by molar-refractivity contribution is 0.0337. The van der Waals surface area contributed by atoms with Crippen molar-refractivity contribution in [2.24, 2.45) is 0 Å². The number of ether oxygens (including phenoxy) is 1. The van der Waals surface area contributed by atoms with E-state index >= 15 is 0 Å². The predicted molar refractivity (Wildman–Crippen MR) is 70.4 cm³/mol. The lowest BCUT2D eigenvalue weighted by Crippen LogP contribution is -2.35. The molecular weight excluding hydrogens is 245 g/mol. The number of morpholine rings is 1. The summed E-state index contributed by atoms with van der Waals surface area (Å²) >= 11 is 0. The van der Waals surface area contributed by atoms with Crippen molar-refractivity contribution in [3.63, 3.8) is 0 Å². The lowest BCUT2D eigenvalue weighted by atomic mass is 10.0. The highest BCUT2D eigenvalue weighted by Crippen LogP contribution is 2.38. The van der Waals surface area contributed by atoms with Crippen LogP contribution in [0.3, 0.4) is 0 Å². The molecule has 0 aromatic heterocycles. The van der Waals surface area contributed by atoms with Gasteiger partial charge in [-0.3, -0.25) is 4.90 Å². The van der Waals surface area contributed by atoms with Crippen molar-refractivity contribution in [3.8, 4) is 0 Å². The summed E-state index contributed by atoms with van der Waals surface area (Å²) in [5, 5.41) is 9.86. The number of hydrogen-bond donors (Lipinski definition) is 1. The van der Waals surface area contributed by atoms with Crippen molar-refractivity contribution >= 4 is 0 Å². The van der Waals surface area contributed by atoms with E-state index in [0.717, 1.165) is 50.3 Å². The van der Waals surface area contributed by atoms with Gasteiger partial charge in [0.25, 0.3) is 0 Å². The van der Waals surface area contributed by atoms with Crippen LogP contribution in [-0.2, 0) is 17.7 Å². The van der Waals surface area contributed by atoms with Crippen LogP contribution in [0.4, 0.5) is 4.39 Å². The van der Waals surface area contributed by atoms with Crippen LogP contribution in [0, 0.1) is 5.82 Å². The van der Waals surface area contributed by atoms with E-state index in [1.807, 2.05) is 12.1 Å². The molecule has 0 unspecified atom stereocenters. The van der Waals surface area contributed by atoms with Gasteiger partial charge in [0.15, 0.2) is 0 Å². The third-order valence-electron chi connectivity index (χ3n) is 3.98. The van der Waals surface area contributed by atoms with Crippen LogP contribution in [-0.4, -0.2) is 41.9 Å². The first-order valence-corrected chi connectivity index (χ1v) is 6.94. The fourth-order valence-electron chi connectivity index (χ4n) is 2.53. The zero-order valence-electron chi connectivity index (χ0n) is 11.1. The summed E-state index contributed by atoms with van der Waals surface area (Å²) in [6, 6.07) is 5.37. The standard InChI is InChI=1S/C15H20FNO2/c16-14-9-12(10-15(18)3-4-15)1-2-13(14)11-17-5-7-19-8-6-17/h1-2,9,18H,3-8,10-11H2. The van der Waals surface area contributed by atoms with Gasteiger partial charge in [-0.05, 0) is 24.5 Å². The van der Waals surface area contributed by atoms with Crippen LogP contribution in [0.2, 0.25) is 0 Å². The highest BCUT2D eigenvalue weighted by Gasteiger charge is 2.40. The molecule has 1 heterocycles. The van der Waals surface area contributed by atoms with Crippen molar-refractivity contribution in [1.29, 1.82) is 0 Å². The van der Waals surface area contributed by atoms with Gasteiger partial charge >= 0.3 is 0 Å². The Hall–Kier alpha value is -0.970. The summed E-state index contributed by atoms with van der Waals surface area (Å²) in [5.74, 6) is -0.159. The minimum absolute atomic E-state index is 0.159. The van der Waals surface area contributed by atoms with E-state index in [2.05, 4.69) is 4.90 Å². The molecule has 0 radical (unpaired) electrons. The molecule has 0 spiro atoms. The van der Waals surface area contributed by atoms with Crippen molar-refractivity contribution in [2.75, 3.05) is 26.3 Å². The summed E-state index contributed by atoms with van der Waals surface area (Å²) in [6.45, 7) is 3.82. The number of benzene rings is 1. The van der Waals surface area contributed by atoms with Gasteiger partial charge in [0.1, 0.15) is 5.82 Å². The molecule has 1 aliphatic heterocycles. The third kappa shape index (κ3) is 3.32. The largest absolute Gasteiger partial charge is 0.390 e. The van der Waals surface area contributed by atoms with Crippen LogP contribution >= 0.6 is 0 Å². The van der Waals surface area contributed by atoms with Gasteiger partial charge in [-0.1, -0.05) is 12.1 Å². The zero-order chi connectivity index (χ0) is 13.3. The second-order valence-corrected chi connectivity index (χ2v) is 5.72. The number of halogens is 1. The molecule has 19 heavy (non-hydrogen) atoms. The van der Waals surface area contributed by atoms with E-state index in [0.29, 0.717) is 13.0 Å². The molecule has 2 fully saturated rings. The number of rotatable bonds is 4. The van der Waals surface area contributed by atoms with Gasteiger partial charge in [0.2, 0.25) is 0 Å². The first kappa shape index (κ1) is 13.0. The lowest BCUT2D eigenvalue weighted by Gasteiger charge is -2.26. The molecule has 1 saturated heterocycles. The fraction of sp³-hybridized carbons (Fsp3) is 0.600. The molecule has 1 aromatic carbocycles. The Morgan fingerprint density at radius 2 is 2.00 bits per heavy atom. The second kappa shape index (κ2) is 5.19. The van der Waals surface area contributed by atoms with E-state index in [1.54, 1.807) is 6.07 Å². The maximum Gasteiger partial charge on any atom is 0.127 e. The van der Waals surface area contributed by atoms with Gasteiger partial charge in [0, 0.05) is 31.6 Å².